The highest BCUT2D eigenvalue weighted by Crippen LogP contribution is 2.20. The Hall–Kier alpha value is -3.16. The number of rotatable bonds is 6. The Morgan fingerprint density at radius 1 is 1.04 bits per heavy atom. The molecule has 0 heterocycles. The Morgan fingerprint density at radius 2 is 1.77 bits per heavy atom. The second-order valence-electron chi connectivity index (χ2n) is 5.25. The fourth-order valence-corrected chi connectivity index (χ4v) is 2.01. The van der Waals surface area contributed by atoms with Gasteiger partial charge in [0.05, 0.1) is 6.61 Å². The maximum atomic E-state index is 13.2. The van der Waals surface area contributed by atoms with Crippen LogP contribution in [0, 0.1) is 11.6 Å². The standard InChI is InChI=1S/C18H18F2N2O4/c1-3-25-18(24)22-12-5-4-6-14(9-12)26-11(2)17(23)21-13-7-8-15(19)16(20)10-13/h4-11H,3H2,1-2H3,(H,21,23)(H,22,24). The van der Waals surface area contributed by atoms with E-state index in [9.17, 15) is 18.4 Å². The number of anilines is 2. The molecule has 2 rings (SSSR count). The van der Waals surface area contributed by atoms with Gasteiger partial charge in [-0.05, 0) is 38.1 Å². The summed E-state index contributed by atoms with van der Waals surface area (Å²) >= 11 is 0. The second-order valence-corrected chi connectivity index (χ2v) is 5.25. The van der Waals surface area contributed by atoms with Gasteiger partial charge in [-0.15, -0.1) is 0 Å². The Kier molecular flexibility index (Phi) is 6.48. The summed E-state index contributed by atoms with van der Waals surface area (Å²) in [7, 11) is 0. The highest BCUT2D eigenvalue weighted by molar-refractivity contribution is 5.94. The zero-order chi connectivity index (χ0) is 19.1. The molecule has 0 radical (unpaired) electrons. The van der Waals surface area contributed by atoms with Crippen LogP contribution >= 0.6 is 0 Å². The molecule has 2 N–H and O–H groups in total. The smallest absolute Gasteiger partial charge is 0.411 e. The summed E-state index contributed by atoms with van der Waals surface area (Å²) in [4.78, 5) is 23.5. The summed E-state index contributed by atoms with van der Waals surface area (Å²) in [6, 6.07) is 9.44. The average molecular weight is 364 g/mol. The zero-order valence-electron chi connectivity index (χ0n) is 14.2. The third kappa shape index (κ3) is 5.44. The van der Waals surface area contributed by atoms with E-state index in [1.165, 1.54) is 19.1 Å². The van der Waals surface area contributed by atoms with Crippen LogP contribution in [0.15, 0.2) is 42.5 Å². The van der Waals surface area contributed by atoms with Crippen molar-refractivity contribution < 1.29 is 27.8 Å². The van der Waals surface area contributed by atoms with E-state index in [0.29, 0.717) is 11.4 Å². The van der Waals surface area contributed by atoms with Crippen LogP contribution in [0.25, 0.3) is 0 Å². The number of nitrogens with one attached hydrogen (secondary N) is 2. The maximum absolute atomic E-state index is 13.2. The van der Waals surface area contributed by atoms with Gasteiger partial charge in [-0.3, -0.25) is 10.1 Å². The molecule has 0 aromatic heterocycles. The number of carbonyl (C=O) groups is 2. The number of halogens is 2. The van der Waals surface area contributed by atoms with Gasteiger partial charge in [-0.2, -0.15) is 0 Å². The summed E-state index contributed by atoms with van der Waals surface area (Å²) in [5.74, 6) is -2.26. The topological polar surface area (TPSA) is 76.7 Å². The van der Waals surface area contributed by atoms with Crippen molar-refractivity contribution in [3.8, 4) is 5.75 Å². The van der Waals surface area contributed by atoms with Crippen molar-refractivity contribution in [3.63, 3.8) is 0 Å². The van der Waals surface area contributed by atoms with Gasteiger partial charge in [0.2, 0.25) is 0 Å². The van der Waals surface area contributed by atoms with Crippen LogP contribution in [0.3, 0.4) is 0 Å². The van der Waals surface area contributed by atoms with E-state index in [1.807, 2.05) is 0 Å². The van der Waals surface area contributed by atoms with Gasteiger partial charge in [0, 0.05) is 23.5 Å². The molecule has 2 aromatic rings. The molecule has 26 heavy (non-hydrogen) atoms. The molecular weight excluding hydrogens is 346 g/mol. The first kappa shape index (κ1) is 19.2. The minimum Gasteiger partial charge on any atom is -0.481 e. The van der Waals surface area contributed by atoms with Crippen LogP contribution in [0.5, 0.6) is 5.75 Å². The quantitative estimate of drug-likeness (QED) is 0.814. The molecule has 0 spiro atoms. The first-order valence-corrected chi connectivity index (χ1v) is 7.85. The van der Waals surface area contributed by atoms with Crippen molar-refractivity contribution in [1.82, 2.24) is 0 Å². The van der Waals surface area contributed by atoms with Crippen molar-refractivity contribution in [2.24, 2.45) is 0 Å². The Morgan fingerprint density at radius 3 is 2.46 bits per heavy atom. The molecule has 2 amide bonds. The molecule has 6 nitrogen and oxygen atoms in total. The summed E-state index contributed by atoms with van der Waals surface area (Å²) in [5, 5.41) is 4.95. The highest BCUT2D eigenvalue weighted by atomic mass is 19.2. The predicted molar refractivity (Wildman–Crippen MR) is 92.2 cm³/mol. The number of benzene rings is 2. The summed E-state index contributed by atoms with van der Waals surface area (Å²) in [6.45, 7) is 3.43. The largest absolute Gasteiger partial charge is 0.481 e. The number of amides is 2. The van der Waals surface area contributed by atoms with Gasteiger partial charge in [0.25, 0.3) is 5.91 Å². The van der Waals surface area contributed by atoms with E-state index in [2.05, 4.69) is 10.6 Å². The summed E-state index contributed by atoms with van der Waals surface area (Å²) in [6.07, 6.45) is -1.52. The van der Waals surface area contributed by atoms with E-state index in [0.717, 1.165) is 12.1 Å². The Bertz CT molecular complexity index is 799. The van der Waals surface area contributed by atoms with Crippen LogP contribution in [0.2, 0.25) is 0 Å². The van der Waals surface area contributed by atoms with Crippen molar-refractivity contribution >= 4 is 23.4 Å². The van der Waals surface area contributed by atoms with Crippen LogP contribution in [-0.4, -0.2) is 24.7 Å². The highest BCUT2D eigenvalue weighted by Gasteiger charge is 2.16. The minimum atomic E-state index is -1.06. The van der Waals surface area contributed by atoms with E-state index >= 15 is 0 Å². The SMILES string of the molecule is CCOC(=O)Nc1cccc(OC(C)C(=O)Nc2ccc(F)c(F)c2)c1. The van der Waals surface area contributed by atoms with Crippen LogP contribution in [0.4, 0.5) is 25.0 Å². The summed E-state index contributed by atoms with van der Waals surface area (Å²) in [5.41, 5.74) is 0.552. The fourth-order valence-electron chi connectivity index (χ4n) is 2.01. The van der Waals surface area contributed by atoms with Crippen LogP contribution < -0.4 is 15.4 Å². The Balaban J connectivity index is 1.97. The molecule has 138 valence electrons. The third-order valence-electron chi connectivity index (χ3n) is 3.23. The minimum absolute atomic E-state index is 0.113. The molecule has 8 heteroatoms. The van der Waals surface area contributed by atoms with E-state index in [4.69, 9.17) is 9.47 Å². The first-order chi connectivity index (χ1) is 12.4. The lowest BCUT2D eigenvalue weighted by atomic mass is 10.2. The summed E-state index contributed by atoms with van der Waals surface area (Å²) < 4.78 is 36.4. The van der Waals surface area contributed by atoms with Crippen molar-refractivity contribution in [2.45, 2.75) is 20.0 Å². The van der Waals surface area contributed by atoms with E-state index < -0.39 is 29.7 Å². The number of ether oxygens (including phenoxy) is 2. The number of carbonyl (C=O) groups excluding carboxylic acids is 2. The molecule has 0 fully saturated rings. The van der Waals surface area contributed by atoms with Gasteiger partial charge in [0.15, 0.2) is 17.7 Å². The van der Waals surface area contributed by atoms with Gasteiger partial charge in [0.1, 0.15) is 5.75 Å². The van der Waals surface area contributed by atoms with E-state index in [1.54, 1.807) is 25.1 Å². The van der Waals surface area contributed by atoms with Crippen molar-refractivity contribution in [2.75, 3.05) is 17.2 Å². The molecule has 0 aliphatic rings. The lowest BCUT2D eigenvalue weighted by molar-refractivity contribution is -0.122. The molecule has 0 bridgehead atoms. The monoisotopic (exact) mass is 364 g/mol. The molecule has 0 saturated heterocycles. The maximum Gasteiger partial charge on any atom is 0.411 e. The molecule has 0 saturated carbocycles. The van der Waals surface area contributed by atoms with Gasteiger partial charge >= 0.3 is 6.09 Å². The first-order valence-electron chi connectivity index (χ1n) is 7.85. The average Bonchev–Trinajstić information content (AvgIpc) is 2.58. The Labute approximate surface area is 149 Å². The molecular formula is C18H18F2N2O4. The molecule has 1 atom stereocenters. The number of hydrogen-bond acceptors (Lipinski definition) is 4. The zero-order valence-corrected chi connectivity index (χ0v) is 14.2. The number of hydrogen-bond donors (Lipinski definition) is 2. The lowest BCUT2D eigenvalue weighted by Crippen LogP contribution is -2.30. The molecule has 2 aromatic carbocycles. The van der Waals surface area contributed by atoms with Crippen LogP contribution in [0.1, 0.15) is 13.8 Å². The lowest BCUT2D eigenvalue weighted by Gasteiger charge is -2.15. The third-order valence-corrected chi connectivity index (χ3v) is 3.23. The molecule has 0 aliphatic carbocycles. The van der Waals surface area contributed by atoms with E-state index in [-0.39, 0.29) is 12.3 Å². The van der Waals surface area contributed by atoms with Gasteiger partial charge in [-0.25, -0.2) is 13.6 Å². The predicted octanol–water partition coefficient (Wildman–Crippen LogP) is 3.94. The molecule has 0 aliphatic heterocycles. The van der Waals surface area contributed by atoms with Crippen molar-refractivity contribution in [3.05, 3.63) is 54.1 Å². The van der Waals surface area contributed by atoms with Crippen molar-refractivity contribution in [1.29, 1.82) is 0 Å². The van der Waals surface area contributed by atoms with Gasteiger partial charge in [-0.1, -0.05) is 6.07 Å². The van der Waals surface area contributed by atoms with Gasteiger partial charge < -0.3 is 14.8 Å². The normalized spacial score (nSPS) is 11.4. The van der Waals surface area contributed by atoms with Crippen LogP contribution in [-0.2, 0) is 9.53 Å². The fraction of sp³-hybridized carbons (Fsp3) is 0.222. The second kappa shape index (κ2) is 8.80. The molecule has 1 unspecified atom stereocenters.